The number of carbonyl (C=O) groups is 2. The molecule has 164 valence electrons. The molecule has 3 aromatic carbocycles. The van der Waals surface area contributed by atoms with Crippen LogP contribution in [0.25, 0.3) is 16.9 Å². The van der Waals surface area contributed by atoms with E-state index in [1.165, 1.54) is 12.1 Å². The molecule has 5 rings (SSSR count). The van der Waals surface area contributed by atoms with Crippen LogP contribution in [0.15, 0.2) is 85.1 Å². The Morgan fingerprint density at radius 1 is 0.909 bits per heavy atom. The summed E-state index contributed by atoms with van der Waals surface area (Å²) in [5, 5.41) is 7.51. The summed E-state index contributed by atoms with van der Waals surface area (Å²) in [5.74, 6) is -0.575. The Morgan fingerprint density at radius 2 is 1.64 bits per heavy atom. The van der Waals surface area contributed by atoms with Gasteiger partial charge in [0.15, 0.2) is 0 Å². The number of anilines is 2. The van der Waals surface area contributed by atoms with Crippen molar-refractivity contribution in [1.29, 1.82) is 0 Å². The molecule has 1 aliphatic heterocycles. The molecule has 1 N–H and O–H groups in total. The summed E-state index contributed by atoms with van der Waals surface area (Å²) in [5.41, 5.74) is 3.69. The Kier molecular flexibility index (Phi) is 5.44. The zero-order valence-electron chi connectivity index (χ0n) is 17.7. The Balaban J connectivity index is 1.44. The van der Waals surface area contributed by atoms with E-state index in [1.807, 2.05) is 42.5 Å². The fraction of sp³-hybridized carbons (Fsp3) is 0.115. The average molecular weight is 440 g/mol. The van der Waals surface area contributed by atoms with Crippen LogP contribution in [0.3, 0.4) is 0 Å². The average Bonchev–Trinajstić information content (AvgIpc) is 3.48. The molecular weight excluding hydrogens is 419 g/mol. The lowest BCUT2D eigenvalue weighted by atomic mass is 10.1. The molecule has 0 atom stereocenters. The largest absolute Gasteiger partial charge is 0.322 e. The highest BCUT2D eigenvalue weighted by atomic mass is 19.1. The molecule has 0 spiro atoms. The van der Waals surface area contributed by atoms with Gasteiger partial charge >= 0.3 is 0 Å². The van der Waals surface area contributed by atoms with E-state index in [4.69, 9.17) is 0 Å². The lowest BCUT2D eigenvalue weighted by Crippen LogP contribution is -2.23. The van der Waals surface area contributed by atoms with Crippen LogP contribution in [0, 0.1) is 5.82 Å². The molecular formula is C26H21FN4O2. The van der Waals surface area contributed by atoms with Gasteiger partial charge in [0.2, 0.25) is 5.91 Å². The van der Waals surface area contributed by atoms with Crippen LogP contribution < -0.4 is 10.2 Å². The Labute approximate surface area is 190 Å². The Morgan fingerprint density at radius 3 is 2.30 bits per heavy atom. The number of hydrogen-bond acceptors (Lipinski definition) is 3. The van der Waals surface area contributed by atoms with Gasteiger partial charge in [-0.05, 0) is 67.1 Å². The minimum atomic E-state index is -0.358. The summed E-state index contributed by atoms with van der Waals surface area (Å²) in [6.45, 7) is 0.713. The second-order valence-corrected chi connectivity index (χ2v) is 7.83. The number of benzene rings is 3. The normalized spacial score (nSPS) is 13.4. The molecule has 0 radical (unpaired) electrons. The van der Waals surface area contributed by atoms with Crippen LogP contribution in [-0.2, 0) is 4.79 Å². The summed E-state index contributed by atoms with van der Waals surface area (Å²) in [4.78, 5) is 26.9. The monoisotopic (exact) mass is 440 g/mol. The minimum absolute atomic E-state index is 0.115. The number of halogens is 1. The number of nitrogens with one attached hydrogen (secondary N) is 1. The maximum Gasteiger partial charge on any atom is 0.259 e. The molecule has 33 heavy (non-hydrogen) atoms. The fourth-order valence-corrected chi connectivity index (χ4v) is 3.92. The van der Waals surface area contributed by atoms with E-state index in [2.05, 4.69) is 10.4 Å². The van der Waals surface area contributed by atoms with Crippen LogP contribution in [0.1, 0.15) is 23.2 Å². The van der Waals surface area contributed by atoms with Gasteiger partial charge in [0.1, 0.15) is 11.5 Å². The van der Waals surface area contributed by atoms with E-state index in [9.17, 15) is 14.0 Å². The van der Waals surface area contributed by atoms with Gasteiger partial charge in [-0.25, -0.2) is 9.07 Å². The first-order valence-electron chi connectivity index (χ1n) is 10.7. The van der Waals surface area contributed by atoms with Crippen molar-refractivity contribution >= 4 is 23.2 Å². The fourth-order valence-electron chi connectivity index (χ4n) is 3.92. The molecule has 2 amide bonds. The first-order valence-corrected chi connectivity index (χ1v) is 10.7. The van der Waals surface area contributed by atoms with Crippen molar-refractivity contribution in [3.63, 3.8) is 0 Å². The van der Waals surface area contributed by atoms with E-state index < -0.39 is 0 Å². The highest BCUT2D eigenvalue weighted by Crippen LogP contribution is 2.27. The van der Waals surface area contributed by atoms with Crippen LogP contribution in [0.5, 0.6) is 0 Å². The summed E-state index contributed by atoms with van der Waals surface area (Å²) in [6.07, 6.45) is 3.09. The molecule has 2 heterocycles. The maximum atomic E-state index is 13.5. The number of para-hydroxylation sites is 1. The van der Waals surface area contributed by atoms with Gasteiger partial charge in [0.05, 0.1) is 11.3 Å². The predicted molar refractivity (Wildman–Crippen MR) is 125 cm³/mol. The zero-order valence-corrected chi connectivity index (χ0v) is 17.7. The van der Waals surface area contributed by atoms with Crippen molar-refractivity contribution in [3.05, 3.63) is 96.4 Å². The summed E-state index contributed by atoms with van der Waals surface area (Å²) >= 11 is 0. The van der Waals surface area contributed by atoms with E-state index in [-0.39, 0.29) is 17.6 Å². The van der Waals surface area contributed by atoms with E-state index in [0.717, 1.165) is 17.8 Å². The number of aromatic nitrogens is 2. The van der Waals surface area contributed by atoms with Gasteiger partial charge in [-0.15, -0.1) is 0 Å². The second-order valence-electron chi connectivity index (χ2n) is 7.83. The summed E-state index contributed by atoms with van der Waals surface area (Å²) in [7, 11) is 0. The highest BCUT2D eigenvalue weighted by molar-refractivity contribution is 6.08. The zero-order chi connectivity index (χ0) is 22.8. The molecule has 4 aromatic rings. The predicted octanol–water partition coefficient (Wildman–Crippen LogP) is 5.06. The third-order valence-electron chi connectivity index (χ3n) is 5.61. The van der Waals surface area contributed by atoms with E-state index in [1.54, 1.807) is 40.0 Å². The number of nitrogens with zero attached hydrogens (tertiary/aromatic N) is 3. The molecule has 1 fully saturated rings. The molecule has 0 saturated carbocycles. The second kappa shape index (κ2) is 8.70. The highest BCUT2D eigenvalue weighted by Gasteiger charge is 2.22. The lowest BCUT2D eigenvalue weighted by molar-refractivity contribution is -0.117. The van der Waals surface area contributed by atoms with Gasteiger partial charge in [0, 0.05) is 36.1 Å². The van der Waals surface area contributed by atoms with Gasteiger partial charge in [-0.1, -0.05) is 18.2 Å². The topological polar surface area (TPSA) is 67.2 Å². The first kappa shape index (κ1) is 20.6. The van der Waals surface area contributed by atoms with Crippen molar-refractivity contribution < 1.29 is 14.0 Å². The van der Waals surface area contributed by atoms with Crippen molar-refractivity contribution in [2.45, 2.75) is 12.8 Å². The molecule has 1 saturated heterocycles. The Bertz CT molecular complexity index is 1300. The van der Waals surface area contributed by atoms with Crippen molar-refractivity contribution in [2.24, 2.45) is 0 Å². The molecule has 6 nitrogen and oxygen atoms in total. The number of rotatable bonds is 5. The maximum absolute atomic E-state index is 13.5. The smallest absolute Gasteiger partial charge is 0.259 e. The SMILES string of the molecule is O=C(Nc1ccc(N2CCCC2=O)cc1)c1cn(-c2ccccc2)nc1-c1ccc(F)cc1. The quantitative estimate of drug-likeness (QED) is 0.472. The van der Waals surface area contributed by atoms with E-state index in [0.29, 0.717) is 35.5 Å². The van der Waals surface area contributed by atoms with Crippen LogP contribution >= 0.6 is 0 Å². The molecule has 0 aliphatic carbocycles. The van der Waals surface area contributed by atoms with Gasteiger partial charge < -0.3 is 10.2 Å². The van der Waals surface area contributed by atoms with E-state index >= 15 is 0 Å². The number of amides is 2. The van der Waals surface area contributed by atoms with Crippen LogP contribution in [0.2, 0.25) is 0 Å². The standard InChI is InChI=1S/C26H21FN4O2/c27-19-10-8-18(9-11-19)25-23(17-31(29-25)22-5-2-1-3-6-22)26(33)28-20-12-14-21(15-13-20)30-16-4-7-24(30)32/h1-3,5-6,8-15,17H,4,7,16H2,(H,28,33). The summed E-state index contributed by atoms with van der Waals surface area (Å²) in [6, 6.07) is 22.6. The molecule has 1 aliphatic rings. The third-order valence-corrected chi connectivity index (χ3v) is 5.61. The van der Waals surface area contributed by atoms with Crippen molar-refractivity contribution in [2.75, 3.05) is 16.8 Å². The van der Waals surface area contributed by atoms with Crippen LogP contribution in [0.4, 0.5) is 15.8 Å². The van der Waals surface area contributed by atoms with Crippen LogP contribution in [-0.4, -0.2) is 28.1 Å². The molecule has 1 aromatic heterocycles. The van der Waals surface area contributed by atoms with Gasteiger partial charge in [-0.3, -0.25) is 9.59 Å². The Hall–Kier alpha value is -4.26. The number of hydrogen-bond donors (Lipinski definition) is 1. The minimum Gasteiger partial charge on any atom is -0.322 e. The summed E-state index contributed by atoms with van der Waals surface area (Å²) < 4.78 is 15.1. The third kappa shape index (κ3) is 4.25. The van der Waals surface area contributed by atoms with Gasteiger partial charge in [0.25, 0.3) is 5.91 Å². The van der Waals surface area contributed by atoms with Crippen molar-refractivity contribution in [1.82, 2.24) is 9.78 Å². The molecule has 7 heteroatoms. The molecule has 0 unspecified atom stereocenters. The lowest BCUT2D eigenvalue weighted by Gasteiger charge is -2.16. The molecule has 0 bridgehead atoms. The van der Waals surface area contributed by atoms with Gasteiger partial charge in [-0.2, -0.15) is 5.10 Å². The first-order chi connectivity index (χ1) is 16.1. The van der Waals surface area contributed by atoms with Crippen molar-refractivity contribution in [3.8, 4) is 16.9 Å². The number of carbonyl (C=O) groups excluding carboxylic acids is 2.